The van der Waals surface area contributed by atoms with Crippen molar-refractivity contribution in [2.75, 3.05) is 13.7 Å². The summed E-state index contributed by atoms with van der Waals surface area (Å²) >= 11 is 3.69. The number of likely N-dealkylation sites (N-methyl/N-ethyl adjacent to an activating group) is 1. The lowest BCUT2D eigenvalue weighted by Gasteiger charge is -2.25. The second-order valence-corrected chi connectivity index (χ2v) is 7.03. The van der Waals surface area contributed by atoms with Gasteiger partial charge in [0.1, 0.15) is 5.75 Å². The van der Waals surface area contributed by atoms with Gasteiger partial charge in [-0.05, 0) is 61.4 Å². The van der Waals surface area contributed by atoms with Crippen LogP contribution in [0, 0.1) is 11.8 Å². The lowest BCUT2D eigenvalue weighted by molar-refractivity contribution is 0.348. The number of ether oxygens (including phenoxy) is 1. The molecule has 0 bridgehead atoms. The first kappa shape index (κ1) is 16.8. The minimum Gasteiger partial charge on any atom is -0.497 e. The smallest absolute Gasteiger partial charge is 0.119 e. The summed E-state index contributed by atoms with van der Waals surface area (Å²) in [6.07, 6.45) is 6.57. The largest absolute Gasteiger partial charge is 0.497 e. The fourth-order valence-corrected chi connectivity index (χ4v) is 4.00. The van der Waals surface area contributed by atoms with Crippen LogP contribution in [0.25, 0.3) is 0 Å². The van der Waals surface area contributed by atoms with Crippen LogP contribution in [-0.2, 0) is 6.42 Å². The molecule has 3 heteroatoms. The number of halogens is 1. The topological polar surface area (TPSA) is 21.3 Å². The Morgan fingerprint density at radius 2 is 2.14 bits per heavy atom. The van der Waals surface area contributed by atoms with Gasteiger partial charge in [-0.1, -0.05) is 42.6 Å². The molecule has 0 amide bonds. The summed E-state index contributed by atoms with van der Waals surface area (Å²) in [5, 5.41) is 3.72. The van der Waals surface area contributed by atoms with E-state index in [0.29, 0.717) is 6.04 Å². The summed E-state index contributed by atoms with van der Waals surface area (Å²) in [4.78, 5) is 0. The van der Waals surface area contributed by atoms with E-state index >= 15 is 0 Å². The molecule has 118 valence electrons. The summed E-state index contributed by atoms with van der Waals surface area (Å²) in [5.74, 6) is 2.69. The Morgan fingerprint density at radius 3 is 2.76 bits per heavy atom. The Bertz CT molecular complexity index is 449. The Morgan fingerprint density at radius 1 is 1.33 bits per heavy atom. The molecule has 0 radical (unpaired) electrons. The SMILES string of the molecule is CCNC(Cc1cc(OC)ccc1Br)C1CCC(CC)C1. The highest BCUT2D eigenvalue weighted by Gasteiger charge is 2.30. The Kier molecular flexibility index (Phi) is 6.56. The maximum atomic E-state index is 5.37. The third-order valence-corrected chi connectivity index (χ3v) is 5.66. The molecule has 0 aliphatic heterocycles. The zero-order valence-corrected chi connectivity index (χ0v) is 15.1. The minimum atomic E-state index is 0.579. The van der Waals surface area contributed by atoms with E-state index in [2.05, 4.69) is 47.2 Å². The van der Waals surface area contributed by atoms with Crippen LogP contribution in [0.5, 0.6) is 5.75 Å². The van der Waals surface area contributed by atoms with Crippen LogP contribution in [0.1, 0.15) is 45.1 Å². The maximum Gasteiger partial charge on any atom is 0.119 e. The van der Waals surface area contributed by atoms with Crippen LogP contribution >= 0.6 is 15.9 Å². The maximum absolute atomic E-state index is 5.37. The van der Waals surface area contributed by atoms with Gasteiger partial charge < -0.3 is 10.1 Å². The normalized spacial score (nSPS) is 23.2. The molecule has 2 nitrogen and oxygen atoms in total. The quantitative estimate of drug-likeness (QED) is 0.759. The molecule has 1 N–H and O–H groups in total. The summed E-state index contributed by atoms with van der Waals surface area (Å²) in [5.41, 5.74) is 1.35. The first-order valence-electron chi connectivity index (χ1n) is 8.23. The summed E-state index contributed by atoms with van der Waals surface area (Å²) < 4.78 is 6.56. The molecule has 1 aromatic rings. The van der Waals surface area contributed by atoms with Gasteiger partial charge in [-0.2, -0.15) is 0 Å². The summed E-state index contributed by atoms with van der Waals surface area (Å²) in [6, 6.07) is 6.86. The summed E-state index contributed by atoms with van der Waals surface area (Å²) in [7, 11) is 1.73. The summed E-state index contributed by atoms with van der Waals surface area (Å²) in [6.45, 7) is 5.58. The molecule has 3 atom stereocenters. The first-order valence-corrected chi connectivity index (χ1v) is 9.03. The van der Waals surface area contributed by atoms with Crippen molar-refractivity contribution in [3.05, 3.63) is 28.2 Å². The molecule has 1 fully saturated rings. The molecule has 2 rings (SSSR count). The van der Waals surface area contributed by atoms with E-state index in [1.807, 2.05) is 6.07 Å². The molecule has 1 saturated carbocycles. The second kappa shape index (κ2) is 8.19. The van der Waals surface area contributed by atoms with E-state index in [0.717, 1.165) is 30.6 Å². The van der Waals surface area contributed by atoms with Crippen LogP contribution in [0.2, 0.25) is 0 Å². The molecular formula is C18H28BrNO. The third kappa shape index (κ3) is 4.46. The van der Waals surface area contributed by atoms with Gasteiger partial charge in [0.2, 0.25) is 0 Å². The van der Waals surface area contributed by atoms with Crippen molar-refractivity contribution in [1.29, 1.82) is 0 Å². The van der Waals surface area contributed by atoms with Gasteiger partial charge in [-0.15, -0.1) is 0 Å². The van der Waals surface area contributed by atoms with Gasteiger partial charge in [-0.3, -0.25) is 0 Å². The average Bonchev–Trinajstić information content (AvgIpc) is 2.97. The Hall–Kier alpha value is -0.540. The van der Waals surface area contributed by atoms with Crippen molar-refractivity contribution in [2.45, 2.75) is 52.0 Å². The van der Waals surface area contributed by atoms with Crippen molar-refractivity contribution < 1.29 is 4.74 Å². The van der Waals surface area contributed by atoms with Gasteiger partial charge in [-0.25, -0.2) is 0 Å². The average molecular weight is 354 g/mol. The van der Waals surface area contributed by atoms with E-state index in [1.165, 1.54) is 35.7 Å². The molecule has 1 aliphatic carbocycles. The monoisotopic (exact) mass is 353 g/mol. The van der Waals surface area contributed by atoms with Gasteiger partial charge in [0.05, 0.1) is 7.11 Å². The number of methoxy groups -OCH3 is 1. The number of rotatable bonds is 7. The van der Waals surface area contributed by atoms with Crippen LogP contribution in [-0.4, -0.2) is 19.7 Å². The zero-order valence-electron chi connectivity index (χ0n) is 13.5. The fraction of sp³-hybridized carbons (Fsp3) is 0.667. The highest BCUT2D eigenvalue weighted by Crippen LogP contribution is 2.36. The number of hydrogen-bond acceptors (Lipinski definition) is 2. The van der Waals surface area contributed by atoms with Gasteiger partial charge >= 0.3 is 0 Å². The van der Waals surface area contributed by atoms with Crippen LogP contribution in [0.4, 0.5) is 0 Å². The van der Waals surface area contributed by atoms with Crippen LogP contribution < -0.4 is 10.1 Å². The van der Waals surface area contributed by atoms with Crippen molar-refractivity contribution in [3.8, 4) is 5.75 Å². The Balaban J connectivity index is 2.09. The predicted octanol–water partition coefficient (Wildman–Crippen LogP) is 4.80. The van der Waals surface area contributed by atoms with Crippen molar-refractivity contribution >= 4 is 15.9 Å². The molecular weight excluding hydrogens is 326 g/mol. The van der Waals surface area contributed by atoms with Crippen LogP contribution in [0.15, 0.2) is 22.7 Å². The lowest BCUT2D eigenvalue weighted by Crippen LogP contribution is -2.37. The standard InChI is InChI=1S/C18H28BrNO/c1-4-13-6-7-14(10-13)18(20-5-2)12-15-11-16(21-3)8-9-17(15)19/h8-9,11,13-14,18,20H,4-7,10,12H2,1-3H3. The van der Waals surface area contributed by atoms with Gasteiger partial charge in [0, 0.05) is 10.5 Å². The van der Waals surface area contributed by atoms with E-state index < -0.39 is 0 Å². The van der Waals surface area contributed by atoms with E-state index in [4.69, 9.17) is 4.74 Å². The second-order valence-electron chi connectivity index (χ2n) is 6.17. The number of hydrogen-bond donors (Lipinski definition) is 1. The minimum absolute atomic E-state index is 0.579. The lowest BCUT2D eigenvalue weighted by atomic mass is 9.91. The molecule has 21 heavy (non-hydrogen) atoms. The highest BCUT2D eigenvalue weighted by atomic mass is 79.9. The molecule has 0 spiro atoms. The molecule has 0 saturated heterocycles. The molecule has 3 unspecified atom stereocenters. The van der Waals surface area contributed by atoms with Gasteiger partial charge in [0.25, 0.3) is 0 Å². The van der Waals surface area contributed by atoms with E-state index in [1.54, 1.807) is 7.11 Å². The first-order chi connectivity index (χ1) is 10.2. The number of benzene rings is 1. The molecule has 0 heterocycles. The van der Waals surface area contributed by atoms with Gasteiger partial charge in [0.15, 0.2) is 0 Å². The Labute approximate surface area is 137 Å². The van der Waals surface area contributed by atoms with E-state index in [9.17, 15) is 0 Å². The fourth-order valence-electron chi connectivity index (χ4n) is 3.59. The highest BCUT2D eigenvalue weighted by molar-refractivity contribution is 9.10. The van der Waals surface area contributed by atoms with Crippen molar-refractivity contribution in [3.63, 3.8) is 0 Å². The zero-order chi connectivity index (χ0) is 15.2. The predicted molar refractivity (Wildman–Crippen MR) is 93.0 cm³/mol. The van der Waals surface area contributed by atoms with E-state index in [-0.39, 0.29) is 0 Å². The molecule has 0 aromatic heterocycles. The van der Waals surface area contributed by atoms with Crippen molar-refractivity contribution in [2.24, 2.45) is 11.8 Å². The third-order valence-electron chi connectivity index (χ3n) is 4.89. The van der Waals surface area contributed by atoms with Crippen LogP contribution in [0.3, 0.4) is 0 Å². The molecule has 1 aromatic carbocycles. The molecule has 1 aliphatic rings. The number of nitrogens with one attached hydrogen (secondary N) is 1. The van der Waals surface area contributed by atoms with Crippen molar-refractivity contribution in [1.82, 2.24) is 5.32 Å².